The normalized spacial score (nSPS) is 19.4. The third kappa shape index (κ3) is 1.31. The summed E-state index contributed by atoms with van der Waals surface area (Å²) in [4.78, 5) is 13.6. The van der Waals surface area contributed by atoms with E-state index in [0.29, 0.717) is 0 Å². The Morgan fingerprint density at radius 2 is 2.07 bits per heavy atom. The third-order valence-electron chi connectivity index (χ3n) is 2.69. The second-order valence-corrected chi connectivity index (χ2v) is 4.61. The van der Waals surface area contributed by atoms with Gasteiger partial charge in [-0.15, -0.1) is 0 Å². The number of hydrogen-bond acceptors (Lipinski definition) is 1. The van der Waals surface area contributed by atoms with Gasteiger partial charge in [-0.1, -0.05) is 12.1 Å². The van der Waals surface area contributed by atoms with Gasteiger partial charge in [-0.2, -0.15) is 0 Å². The predicted octanol–water partition coefficient (Wildman–Crippen LogP) is 2.37. The van der Waals surface area contributed by atoms with E-state index in [1.807, 2.05) is 49.9 Å². The standard InChI is InChI=1S/C12H15NO/c1-9-5-4-6-10(7-9)13-8-12(2,3)11(13)14/h4-7H,8H2,1-3H3. The lowest BCUT2D eigenvalue weighted by molar-refractivity contribution is -0.132. The van der Waals surface area contributed by atoms with Crippen molar-refractivity contribution in [2.45, 2.75) is 20.8 Å². The second-order valence-electron chi connectivity index (χ2n) is 4.61. The molecule has 2 heteroatoms. The lowest BCUT2D eigenvalue weighted by Gasteiger charge is -2.44. The molecule has 1 aromatic rings. The van der Waals surface area contributed by atoms with Gasteiger partial charge in [0, 0.05) is 12.2 Å². The molecule has 74 valence electrons. The number of nitrogens with zero attached hydrogens (tertiary/aromatic N) is 1. The van der Waals surface area contributed by atoms with Gasteiger partial charge in [-0.05, 0) is 38.5 Å². The van der Waals surface area contributed by atoms with Gasteiger partial charge < -0.3 is 4.90 Å². The Kier molecular flexibility index (Phi) is 1.88. The maximum absolute atomic E-state index is 11.7. The van der Waals surface area contributed by atoms with Crippen molar-refractivity contribution in [2.75, 3.05) is 11.4 Å². The van der Waals surface area contributed by atoms with Gasteiger partial charge in [0.15, 0.2) is 0 Å². The molecule has 1 aliphatic rings. The molecule has 1 aliphatic heterocycles. The highest BCUT2D eigenvalue weighted by Crippen LogP contribution is 2.35. The number of amides is 1. The summed E-state index contributed by atoms with van der Waals surface area (Å²) in [5, 5.41) is 0. The second kappa shape index (κ2) is 2.84. The van der Waals surface area contributed by atoms with E-state index in [2.05, 4.69) is 0 Å². The van der Waals surface area contributed by atoms with Gasteiger partial charge in [0.25, 0.3) is 0 Å². The number of hydrogen-bond donors (Lipinski definition) is 0. The van der Waals surface area contributed by atoms with E-state index in [1.165, 1.54) is 5.56 Å². The summed E-state index contributed by atoms with van der Waals surface area (Å²) in [6.45, 7) is 6.84. The average molecular weight is 189 g/mol. The largest absolute Gasteiger partial charge is 0.311 e. The Morgan fingerprint density at radius 1 is 1.36 bits per heavy atom. The van der Waals surface area contributed by atoms with Crippen molar-refractivity contribution in [3.63, 3.8) is 0 Å². The van der Waals surface area contributed by atoms with Crippen LogP contribution in [0.4, 0.5) is 5.69 Å². The molecule has 0 aromatic heterocycles. The smallest absolute Gasteiger partial charge is 0.234 e. The lowest BCUT2D eigenvalue weighted by atomic mass is 9.82. The molecule has 0 N–H and O–H groups in total. The Labute approximate surface area is 84.5 Å². The highest BCUT2D eigenvalue weighted by atomic mass is 16.2. The van der Waals surface area contributed by atoms with Crippen LogP contribution in [0.25, 0.3) is 0 Å². The molecule has 1 amide bonds. The first-order valence-electron chi connectivity index (χ1n) is 4.89. The monoisotopic (exact) mass is 189 g/mol. The van der Waals surface area contributed by atoms with Crippen LogP contribution in [0.2, 0.25) is 0 Å². The Hall–Kier alpha value is -1.31. The number of carbonyl (C=O) groups excluding carboxylic acids is 1. The van der Waals surface area contributed by atoms with Crippen LogP contribution in [0.5, 0.6) is 0 Å². The molecule has 0 aliphatic carbocycles. The molecule has 0 bridgehead atoms. The third-order valence-corrected chi connectivity index (χ3v) is 2.69. The van der Waals surface area contributed by atoms with Crippen molar-refractivity contribution >= 4 is 11.6 Å². The molecule has 1 saturated heterocycles. The summed E-state index contributed by atoms with van der Waals surface area (Å²) in [7, 11) is 0. The Morgan fingerprint density at radius 3 is 2.57 bits per heavy atom. The van der Waals surface area contributed by atoms with Crippen LogP contribution in [0, 0.1) is 12.3 Å². The molecule has 0 unspecified atom stereocenters. The van der Waals surface area contributed by atoms with Crippen molar-refractivity contribution in [2.24, 2.45) is 5.41 Å². The van der Waals surface area contributed by atoms with E-state index < -0.39 is 0 Å². The highest BCUT2D eigenvalue weighted by Gasteiger charge is 2.44. The van der Waals surface area contributed by atoms with Crippen molar-refractivity contribution in [3.8, 4) is 0 Å². The summed E-state index contributed by atoms with van der Waals surface area (Å²) < 4.78 is 0. The maximum Gasteiger partial charge on any atom is 0.234 e. The van der Waals surface area contributed by atoms with Crippen molar-refractivity contribution < 1.29 is 4.79 Å². The lowest BCUT2D eigenvalue weighted by Crippen LogP contribution is -2.58. The zero-order chi connectivity index (χ0) is 10.3. The van der Waals surface area contributed by atoms with Crippen LogP contribution in [0.15, 0.2) is 24.3 Å². The topological polar surface area (TPSA) is 20.3 Å². The quantitative estimate of drug-likeness (QED) is 0.621. The van der Waals surface area contributed by atoms with Gasteiger partial charge in [0.2, 0.25) is 5.91 Å². The van der Waals surface area contributed by atoms with Crippen molar-refractivity contribution in [1.29, 1.82) is 0 Å². The molecule has 1 heterocycles. The number of β-lactam (4-membered cyclic amide) rings is 1. The molecule has 0 saturated carbocycles. The van der Waals surface area contributed by atoms with E-state index in [1.54, 1.807) is 0 Å². The van der Waals surface area contributed by atoms with Gasteiger partial charge >= 0.3 is 0 Å². The fraction of sp³-hybridized carbons (Fsp3) is 0.417. The summed E-state index contributed by atoms with van der Waals surface area (Å²) in [5.41, 5.74) is 2.05. The minimum absolute atomic E-state index is 0.163. The minimum Gasteiger partial charge on any atom is -0.311 e. The van der Waals surface area contributed by atoms with Gasteiger partial charge in [0.05, 0.1) is 5.41 Å². The molecule has 2 rings (SSSR count). The van der Waals surface area contributed by atoms with Crippen LogP contribution in [-0.2, 0) is 4.79 Å². The number of rotatable bonds is 1. The van der Waals surface area contributed by atoms with Crippen LogP contribution in [-0.4, -0.2) is 12.5 Å². The summed E-state index contributed by atoms with van der Waals surface area (Å²) in [6, 6.07) is 8.06. The molecule has 0 atom stereocenters. The zero-order valence-electron chi connectivity index (χ0n) is 8.87. The summed E-state index contributed by atoms with van der Waals surface area (Å²) in [5.74, 6) is 0.225. The average Bonchev–Trinajstić information content (AvgIpc) is 2.14. The summed E-state index contributed by atoms with van der Waals surface area (Å²) in [6.07, 6.45) is 0. The first kappa shape index (κ1) is 9.25. The number of benzene rings is 1. The first-order valence-corrected chi connectivity index (χ1v) is 4.89. The minimum atomic E-state index is -0.163. The molecule has 0 spiro atoms. The van der Waals surface area contributed by atoms with Crippen molar-refractivity contribution in [1.82, 2.24) is 0 Å². The van der Waals surface area contributed by atoms with E-state index >= 15 is 0 Å². The molecular weight excluding hydrogens is 174 g/mol. The molecule has 0 radical (unpaired) electrons. The van der Waals surface area contributed by atoms with E-state index in [0.717, 1.165) is 12.2 Å². The van der Waals surface area contributed by atoms with Gasteiger partial charge in [0.1, 0.15) is 0 Å². The molecule has 14 heavy (non-hydrogen) atoms. The Balaban J connectivity index is 2.24. The molecular formula is C12H15NO. The van der Waals surface area contributed by atoms with Crippen LogP contribution in [0.1, 0.15) is 19.4 Å². The predicted molar refractivity (Wildman–Crippen MR) is 57.3 cm³/mol. The van der Waals surface area contributed by atoms with E-state index in [-0.39, 0.29) is 11.3 Å². The summed E-state index contributed by atoms with van der Waals surface area (Å²) >= 11 is 0. The molecule has 2 nitrogen and oxygen atoms in total. The number of aryl methyl sites for hydroxylation is 1. The fourth-order valence-electron chi connectivity index (χ4n) is 1.81. The van der Waals surface area contributed by atoms with E-state index in [9.17, 15) is 4.79 Å². The molecule has 1 aromatic carbocycles. The van der Waals surface area contributed by atoms with Crippen LogP contribution >= 0.6 is 0 Å². The molecule has 1 fully saturated rings. The van der Waals surface area contributed by atoms with Crippen molar-refractivity contribution in [3.05, 3.63) is 29.8 Å². The number of carbonyl (C=O) groups is 1. The van der Waals surface area contributed by atoms with Gasteiger partial charge in [-0.25, -0.2) is 0 Å². The number of anilines is 1. The zero-order valence-corrected chi connectivity index (χ0v) is 8.87. The maximum atomic E-state index is 11.7. The highest BCUT2D eigenvalue weighted by molar-refractivity contribution is 6.03. The van der Waals surface area contributed by atoms with Crippen LogP contribution in [0.3, 0.4) is 0 Å². The Bertz CT molecular complexity index is 382. The van der Waals surface area contributed by atoms with Crippen LogP contribution < -0.4 is 4.90 Å². The SMILES string of the molecule is Cc1cccc(N2CC(C)(C)C2=O)c1. The first-order chi connectivity index (χ1) is 6.50. The van der Waals surface area contributed by atoms with E-state index in [4.69, 9.17) is 0 Å². The van der Waals surface area contributed by atoms with Gasteiger partial charge in [-0.3, -0.25) is 4.79 Å². The fourth-order valence-corrected chi connectivity index (χ4v) is 1.81.